The molecular weight excluding hydrogens is 252 g/mol. The lowest BCUT2D eigenvalue weighted by Crippen LogP contribution is -2.46. The molecule has 106 valence electrons. The minimum absolute atomic E-state index is 0.442. The summed E-state index contributed by atoms with van der Waals surface area (Å²) >= 11 is 1.80. The smallest absolute Gasteiger partial charge is 0.0294 e. The highest BCUT2D eigenvalue weighted by Gasteiger charge is 2.20. The van der Waals surface area contributed by atoms with Crippen LogP contribution < -0.4 is 5.32 Å². The van der Waals surface area contributed by atoms with Gasteiger partial charge in [0.25, 0.3) is 0 Å². The van der Waals surface area contributed by atoms with Crippen molar-refractivity contribution in [1.29, 1.82) is 0 Å². The number of nitrogens with one attached hydrogen (secondary N) is 1. The first kappa shape index (κ1) is 14.9. The molecule has 1 aromatic rings. The largest absolute Gasteiger partial charge is 0.306 e. The standard InChI is InChI=1S/C16H26N2S/c1-4-18-11-5-6-15(12-18)17-13(2)14-7-9-16(19-3)10-8-14/h7-10,13,15,17H,4-6,11-12H2,1-3H3. The van der Waals surface area contributed by atoms with Crippen LogP contribution >= 0.6 is 11.8 Å². The van der Waals surface area contributed by atoms with Crippen molar-refractivity contribution in [2.24, 2.45) is 0 Å². The Morgan fingerprint density at radius 1 is 1.37 bits per heavy atom. The zero-order valence-electron chi connectivity index (χ0n) is 12.4. The molecule has 0 aliphatic carbocycles. The Labute approximate surface area is 122 Å². The summed E-state index contributed by atoms with van der Waals surface area (Å²) in [5.41, 5.74) is 1.39. The van der Waals surface area contributed by atoms with E-state index in [1.807, 2.05) is 0 Å². The van der Waals surface area contributed by atoms with Crippen LogP contribution in [-0.4, -0.2) is 36.8 Å². The third kappa shape index (κ3) is 4.23. The summed E-state index contributed by atoms with van der Waals surface area (Å²) in [6, 6.07) is 10.0. The molecule has 3 heteroatoms. The van der Waals surface area contributed by atoms with Gasteiger partial charge in [0, 0.05) is 23.5 Å². The van der Waals surface area contributed by atoms with Crippen LogP contribution in [0.4, 0.5) is 0 Å². The molecule has 2 atom stereocenters. The maximum Gasteiger partial charge on any atom is 0.0294 e. The van der Waals surface area contributed by atoms with Gasteiger partial charge < -0.3 is 10.2 Å². The van der Waals surface area contributed by atoms with Crippen molar-refractivity contribution in [3.05, 3.63) is 29.8 Å². The summed E-state index contributed by atoms with van der Waals surface area (Å²) in [6.07, 6.45) is 4.76. The van der Waals surface area contributed by atoms with Gasteiger partial charge in [-0.1, -0.05) is 19.1 Å². The summed E-state index contributed by atoms with van der Waals surface area (Å²) < 4.78 is 0. The molecule has 1 aliphatic heterocycles. The van der Waals surface area contributed by atoms with Gasteiger partial charge in [-0.2, -0.15) is 0 Å². The van der Waals surface area contributed by atoms with E-state index in [1.165, 1.54) is 42.9 Å². The van der Waals surface area contributed by atoms with E-state index >= 15 is 0 Å². The molecule has 0 saturated carbocycles. The molecule has 1 N–H and O–H groups in total. The molecule has 0 aromatic heterocycles. The Balaban J connectivity index is 1.90. The second kappa shape index (κ2) is 7.32. The molecule has 19 heavy (non-hydrogen) atoms. The number of likely N-dealkylation sites (tertiary alicyclic amines) is 1. The van der Waals surface area contributed by atoms with Gasteiger partial charge in [-0.3, -0.25) is 0 Å². The normalized spacial score (nSPS) is 22.4. The van der Waals surface area contributed by atoms with Gasteiger partial charge >= 0.3 is 0 Å². The van der Waals surface area contributed by atoms with Crippen molar-refractivity contribution in [3.63, 3.8) is 0 Å². The number of benzene rings is 1. The summed E-state index contributed by atoms with van der Waals surface area (Å²) in [5, 5.41) is 3.79. The molecule has 1 saturated heterocycles. The Bertz CT molecular complexity index is 377. The minimum Gasteiger partial charge on any atom is -0.306 e. The van der Waals surface area contributed by atoms with E-state index in [4.69, 9.17) is 0 Å². The van der Waals surface area contributed by atoms with Gasteiger partial charge in [-0.05, 0) is 56.8 Å². The Hall–Kier alpha value is -0.510. The summed E-state index contributed by atoms with van der Waals surface area (Å²) in [6.45, 7) is 8.18. The van der Waals surface area contributed by atoms with E-state index in [0.717, 1.165) is 0 Å². The van der Waals surface area contributed by atoms with Crippen LogP contribution in [0, 0.1) is 0 Å². The number of hydrogen-bond donors (Lipinski definition) is 1. The number of nitrogens with zero attached hydrogens (tertiary/aromatic N) is 1. The fourth-order valence-electron chi connectivity index (χ4n) is 2.82. The molecule has 2 unspecified atom stereocenters. The highest BCUT2D eigenvalue weighted by Crippen LogP contribution is 2.20. The van der Waals surface area contributed by atoms with Crippen molar-refractivity contribution < 1.29 is 0 Å². The zero-order chi connectivity index (χ0) is 13.7. The van der Waals surface area contributed by atoms with Gasteiger partial charge in [-0.15, -0.1) is 11.8 Å². The predicted octanol–water partition coefficient (Wildman–Crippen LogP) is 3.54. The van der Waals surface area contributed by atoms with E-state index in [-0.39, 0.29) is 0 Å². The Morgan fingerprint density at radius 2 is 2.11 bits per heavy atom. The van der Waals surface area contributed by atoms with Crippen LogP contribution in [0.5, 0.6) is 0 Å². The molecule has 1 heterocycles. The van der Waals surface area contributed by atoms with Crippen molar-refractivity contribution in [2.45, 2.75) is 43.7 Å². The quantitative estimate of drug-likeness (QED) is 0.829. The van der Waals surface area contributed by atoms with Crippen LogP contribution in [0.15, 0.2) is 29.2 Å². The SMILES string of the molecule is CCN1CCCC(NC(C)c2ccc(SC)cc2)C1. The van der Waals surface area contributed by atoms with Crippen LogP contribution in [0.2, 0.25) is 0 Å². The average Bonchev–Trinajstić information content (AvgIpc) is 2.47. The van der Waals surface area contributed by atoms with Gasteiger partial charge in [-0.25, -0.2) is 0 Å². The first-order valence-electron chi connectivity index (χ1n) is 7.35. The third-order valence-electron chi connectivity index (χ3n) is 4.05. The number of piperidine rings is 1. The van der Waals surface area contributed by atoms with Crippen molar-refractivity contribution in [2.75, 3.05) is 25.9 Å². The van der Waals surface area contributed by atoms with E-state index < -0.39 is 0 Å². The highest BCUT2D eigenvalue weighted by molar-refractivity contribution is 7.98. The molecule has 0 radical (unpaired) electrons. The van der Waals surface area contributed by atoms with E-state index in [2.05, 4.69) is 54.6 Å². The van der Waals surface area contributed by atoms with E-state index in [0.29, 0.717) is 12.1 Å². The number of hydrogen-bond acceptors (Lipinski definition) is 3. The van der Waals surface area contributed by atoms with Crippen molar-refractivity contribution in [1.82, 2.24) is 10.2 Å². The lowest BCUT2D eigenvalue weighted by atomic mass is 10.0. The maximum atomic E-state index is 3.79. The molecule has 1 aliphatic rings. The van der Waals surface area contributed by atoms with Crippen LogP contribution in [0.25, 0.3) is 0 Å². The first-order chi connectivity index (χ1) is 9.22. The van der Waals surface area contributed by atoms with Crippen LogP contribution in [0.3, 0.4) is 0 Å². The van der Waals surface area contributed by atoms with Gasteiger partial charge in [0.2, 0.25) is 0 Å². The van der Waals surface area contributed by atoms with E-state index in [1.54, 1.807) is 11.8 Å². The lowest BCUT2D eigenvalue weighted by Gasteiger charge is -2.34. The Kier molecular flexibility index (Phi) is 5.74. The molecule has 2 rings (SSSR count). The fourth-order valence-corrected chi connectivity index (χ4v) is 3.23. The molecule has 0 amide bonds. The third-order valence-corrected chi connectivity index (χ3v) is 4.80. The van der Waals surface area contributed by atoms with Crippen LogP contribution in [0.1, 0.15) is 38.3 Å². The second-order valence-electron chi connectivity index (χ2n) is 5.39. The molecule has 0 bridgehead atoms. The highest BCUT2D eigenvalue weighted by atomic mass is 32.2. The van der Waals surface area contributed by atoms with Crippen LogP contribution in [-0.2, 0) is 0 Å². The number of rotatable bonds is 5. The number of likely N-dealkylation sites (N-methyl/N-ethyl adjacent to an activating group) is 1. The average molecular weight is 278 g/mol. The summed E-state index contributed by atoms with van der Waals surface area (Å²) in [7, 11) is 0. The van der Waals surface area contributed by atoms with Crippen molar-refractivity contribution >= 4 is 11.8 Å². The predicted molar refractivity (Wildman–Crippen MR) is 84.9 cm³/mol. The number of thioether (sulfide) groups is 1. The molecule has 1 aromatic carbocycles. The molecule has 1 fully saturated rings. The first-order valence-corrected chi connectivity index (χ1v) is 8.57. The molecule has 2 nitrogen and oxygen atoms in total. The fraction of sp³-hybridized carbons (Fsp3) is 0.625. The van der Waals surface area contributed by atoms with Gasteiger partial charge in [0.1, 0.15) is 0 Å². The molecule has 0 spiro atoms. The lowest BCUT2D eigenvalue weighted by molar-refractivity contribution is 0.192. The maximum absolute atomic E-state index is 3.79. The summed E-state index contributed by atoms with van der Waals surface area (Å²) in [4.78, 5) is 3.89. The van der Waals surface area contributed by atoms with Gasteiger partial charge in [0.05, 0.1) is 0 Å². The topological polar surface area (TPSA) is 15.3 Å². The second-order valence-corrected chi connectivity index (χ2v) is 6.27. The summed E-state index contributed by atoms with van der Waals surface area (Å²) in [5.74, 6) is 0. The zero-order valence-corrected chi connectivity index (χ0v) is 13.2. The Morgan fingerprint density at radius 3 is 2.74 bits per heavy atom. The van der Waals surface area contributed by atoms with E-state index in [9.17, 15) is 0 Å². The van der Waals surface area contributed by atoms with Crippen molar-refractivity contribution in [3.8, 4) is 0 Å². The minimum atomic E-state index is 0.442. The molecular formula is C16H26N2S. The van der Waals surface area contributed by atoms with Gasteiger partial charge in [0.15, 0.2) is 0 Å². The monoisotopic (exact) mass is 278 g/mol.